The van der Waals surface area contributed by atoms with Crippen LogP contribution in [0, 0.1) is 0 Å². The van der Waals surface area contributed by atoms with E-state index < -0.39 is 28.8 Å². The monoisotopic (exact) mass is 400 g/mol. The lowest BCUT2D eigenvalue weighted by molar-refractivity contribution is -0.160. The van der Waals surface area contributed by atoms with Crippen LogP contribution in [0.1, 0.15) is 16.5 Å². The third-order valence-electron chi connectivity index (χ3n) is 4.37. The smallest absolute Gasteiger partial charge is 0.352 e. The topological polar surface area (TPSA) is 136 Å². The van der Waals surface area contributed by atoms with Gasteiger partial charge in [0.2, 0.25) is 0 Å². The molecular weight excluding hydrogens is 388 g/mol. The molecule has 132 valence electrons. The zero-order chi connectivity index (χ0) is 17.9. The van der Waals surface area contributed by atoms with Crippen molar-refractivity contribution in [3.8, 4) is 0 Å². The molecule has 4 heterocycles. The van der Waals surface area contributed by atoms with Crippen LogP contribution < -0.4 is 5.73 Å². The number of methoxy groups -OCH3 is 1. The number of aliphatic carboxylic acids is 1. The van der Waals surface area contributed by atoms with E-state index in [1.807, 2.05) is 0 Å². The highest BCUT2D eigenvalue weighted by Crippen LogP contribution is 2.58. The SMILES string of the molecule is COC(=O)CC1(N)C(=O)N2C(C(=O)O)=C(C3Sc4nnsc43)CS[C@H]21. The van der Waals surface area contributed by atoms with Crippen LogP contribution in [-0.2, 0) is 19.1 Å². The molecule has 1 aromatic heterocycles. The summed E-state index contributed by atoms with van der Waals surface area (Å²) in [6.07, 6.45) is -0.278. The van der Waals surface area contributed by atoms with E-state index in [1.54, 1.807) is 0 Å². The molecule has 0 spiro atoms. The molecule has 1 amide bonds. The third-order valence-corrected chi connectivity index (χ3v) is 8.14. The van der Waals surface area contributed by atoms with Gasteiger partial charge in [0.25, 0.3) is 5.91 Å². The fraction of sp³-hybridized carbons (Fsp3) is 0.462. The molecule has 3 N–H and O–H groups in total. The Labute approximate surface area is 154 Å². The van der Waals surface area contributed by atoms with Gasteiger partial charge in [0.05, 0.1) is 23.7 Å². The number of ether oxygens (including phenoxy) is 1. The second-order valence-corrected chi connectivity index (χ2v) is 8.70. The quantitative estimate of drug-likeness (QED) is 0.533. The Morgan fingerprint density at radius 2 is 2.28 bits per heavy atom. The highest BCUT2D eigenvalue weighted by Gasteiger charge is 2.64. The minimum atomic E-state index is -1.44. The Morgan fingerprint density at radius 3 is 2.92 bits per heavy atom. The molecule has 0 radical (unpaired) electrons. The molecule has 0 aliphatic carbocycles. The molecular formula is C13H12N4O5S3. The minimum Gasteiger partial charge on any atom is -0.477 e. The Bertz CT molecular complexity index is 839. The summed E-state index contributed by atoms with van der Waals surface area (Å²) in [7, 11) is 1.22. The number of nitrogens with two attached hydrogens (primary N) is 1. The fourth-order valence-electron chi connectivity index (χ4n) is 3.12. The molecule has 3 aliphatic rings. The summed E-state index contributed by atoms with van der Waals surface area (Å²) in [5, 5.41) is 13.7. The van der Waals surface area contributed by atoms with Gasteiger partial charge in [0.15, 0.2) is 0 Å². The van der Waals surface area contributed by atoms with Crippen molar-refractivity contribution in [2.45, 2.75) is 27.6 Å². The van der Waals surface area contributed by atoms with Crippen LogP contribution in [0.3, 0.4) is 0 Å². The van der Waals surface area contributed by atoms with Crippen molar-refractivity contribution in [3.05, 3.63) is 16.1 Å². The van der Waals surface area contributed by atoms with Crippen molar-refractivity contribution < 1.29 is 24.2 Å². The fourth-order valence-corrected chi connectivity index (χ4v) is 6.76. The van der Waals surface area contributed by atoms with Gasteiger partial charge >= 0.3 is 11.9 Å². The number of carboxylic acid groups (broad SMARTS) is 1. The molecule has 25 heavy (non-hydrogen) atoms. The number of aromatic nitrogens is 2. The second-order valence-electron chi connectivity index (χ2n) is 5.75. The average Bonchev–Trinajstić information content (AvgIpc) is 2.94. The van der Waals surface area contributed by atoms with Crippen molar-refractivity contribution >= 4 is 52.9 Å². The van der Waals surface area contributed by atoms with Crippen LogP contribution in [-0.4, -0.2) is 61.2 Å². The van der Waals surface area contributed by atoms with Crippen molar-refractivity contribution in [1.29, 1.82) is 0 Å². The third kappa shape index (κ3) is 2.24. The van der Waals surface area contributed by atoms with E-state index in [2.05, 4.69) is 14.3 Å². The van der Waals surface area contributed by atoms with Crippen molar-refractivity contribution in [2.24, 2.45) is 5.73 Å². The highest BCUT2D eigenvalue weighted by molar-refractivity contribution is 8.02. The first-order valence-electron chi connectivity index (χ1n) is 7.14. The molecule has 0 saturated carbocycles. The van der Waals surface area contributed by atoms with Crippen LogP contribution in [0.2, 0.25) is 0 Å². The normalized spacial score (nSPS) is 30.2. The van der Waals surface area contributed by atoms with Gasteiger partial charge in [-0.3, -0.25) is 14.5 Å². The summed E-state index contributed by atoms with van der Waals surface area (Å²) in [5.41, 5.74) is 5.28. The number of hydrogen-bond donors (Lipinski definition) is 2. The van der Waals surface area contributed by atoms with E-state index >= 15 is 0 Å². The molecule has 4 rings (SSSR count). The molecule has 2 unspecified atom stereocenters. The number of rotatable bonds is 4. The molecule has 1 saturated heterocycles. The molecule has 3 atom stereocenters. The average molecular weight is 400 g/mol. The number of β-lactam (4-membered cyclic amide) rings is 1. The van der Waals surface area contributed by atoms with Crippen molar-refractivity contribution in [1.82, 2.24) is 14.5 Å². The van der Waals surface area contributed by atoms with E-state index in [9.17, 15) is 19.5 Å². The first kappa shape index (κ1) is 16.8. The summed E-state index contributed by atoms with van der Waals surface area (Å²) < 4.78 is 8.47. The van der Waals surface area contributed by atoms with E-state index in [0.717, 1.165) is 9.90 Å². The lowest BCUT2D eigenvalue weighted by atomic mass is 9.84. The van der Waals surface area contributed by atoms with Crippen LogP contribution in [0.4, 0.5) is 0 Å². The number of hydrogen-bond acceptors (Lipinski definition) is 10. The van der Waals surface area contributed by atoms with Gasteiger partial charge in [-0.2, -0.15) is 0 Å². The highest BCUT2D eigenvalue weighted by atomic mass is 32.2. The van der Waals surface area contributed by atoms with Gasteiger partial charge in [0, 0.05) is 5.75 Å². The molecule has 3 aliphatic heterocycles. The predicted molar refractivity (Wildman–Crippen MR) is 89.8 cm³/mol. The molecule has 9 nitrogen and oxygen atoms in total. The number of carbonyl (C=O) groups excluding carboxylic acids is 2. The van der Waals surface area contributed by atoms with Crippen molar-refractivity contribution in [2.75, 3.05) is 12.9 Å². The van der Waals surface area contributed by atoms with E-state index in [1.165, 1.54) is 47.1 Å². The second kappa shape index (κ2) is 5.69. The maximum absolute atomic E-state index is 12.6. The van der Waals surface area contributed by atoms with E-state index in [0.29, 0.717) is 11.3 Å². The molecule has 12 heteroatoms. The predicted octanol–water partition coefficient (Wildman–Crippen LogP) is 0.199. The van der Waals surface area contributed by atoms with Gasteiger partial charge in [-0.1, -0.05) is 16.3 Å². The number of nitrogens with zero attached hydrogens (tertiary/aromatic N) is 3. The summed E-state index contributed by atoms with van der Waals surface area (Å²) >= 11 is 4.03. The molecule has 0 bridgehead atoms. The molecule has 1 fully saturated rings. The number of esters is 1. The van der Waals surface area contributed by atoms with Gasteiger partial charge < -0.3 is 15.6 Å². The van der Waals surface area contributed by atoms with Gasteiger partial charge in [-0.15, -0.1) is 16.9 Å². The molecule has 0 aromatic carbocycles. The summed E-state index contributed by atoms with van der Waals surface area (Å²) in [6, 6.07) is 0. The first-order chi connectivity index (χ1) is 11.9. The van der Waals surface area contributed by atoms with Crippen LogP contribution in [0.5, 0.6) is 0 Å². The Hall–Kier alpha value is -1.63. The Morgan fingerprint density at radius 1 is 1.52 bits per heavy atom. The number of carbonyl (C=O) groups is 3. The minimum absolute atomic E-state index is 0.0451. The Kier molecular flexibility index (Phi) is 3.83. The zero-order valence-corrected chi connectivity index (χ0v) is 15.2. The summed E-state index contributed by atoms with van der Waals surface area (Å²) in [6.45, 7) is 0. The maximum Gasteiger partial charge on any atom is 0.352 e. The van der Waals surface area contributed by atoms with Crippen molar-refractivity contribution in [3.63, 3.8) is 0 Å². The summed E-state index contributed by atoms with van der Waals surface area (Å²) in [5.74, 6) is -1.94. The number of carboxylic acids is 1. The lowest BCUT2D eigenvalue weighted by Crippen LogP contribution is -2.78. The zero-order valence-electron chi connectivity index (χ0n) is 12.8. The maximum atomic E-state index is 12.6. The summed E-state index contributed by atoms with van der Waals surface area (Å²) in [4.78, 5) is 38.1. The van der Waals surface area contributed by atoms with E-state index in [4.69, 9.17) is 5.73 Å². The number of thioether (sulfide) groups is 2. The number of amides is 1. The van der Waals surface area contributed by atoms with Gasteiger partial charge in [0.1, 0.15) is 21.6 Å². The Balaban J connectivity index is 1.68. The first-order valence-corrected chi connectivity index (χ1v) is 9.85. The van der Waals surface area contributed by atoms with Gasteiger partial charge in [-0.25, -0.2) is 4.79 Å². The standard InChI is InChI=1S/C13H12N4O5S3/c1-22-5(18)2-13(14)11(21)17-6(10(19)20)4(3-23-12(13)17)7-8-9(24-7)15-16-25-8/h7,12H,2-3,14H2,1H3,(H,19,20)/t7?,12-,13?/m0/s1. The molecule has 1 aromatic rings. The largest absolute Gasteiger partial charge is 0.477 e. The van der Waals surface area contributed by atoms with Crippen LogP contribution in [0.25, 0.3) is 0 Å². The number of fused-ring (bicyclic) bond motifs is 2. The van der Waals surface area contributed by atoms with Gasteiger partial charge in [-0.05, 0) is 17.1 Å². The van der Waals surface area contributed by atoms with Crippen LogP contribution >= 0.6 is 35.1 Å². The lowest BCUT2D eigenvalue weighted by Gasteiger charge is -2.55. The van der Waals surface area contributed by atoms with Crippen LogP contribution in [0.15, 0.2) is 16.3 Å². The van der Waals surface area contributed by atoms with E-state index in [-0.39, 0.29) is 17.4 Å².